The second-order valence-corrected chi connectivity index (χ2v) is 5.40. The maximum atomic E-state index is 3.52. The second kappa shape index (κ2) is 5.68. The minimum Gasteiger partial charge on any atom is -0.364 e. The third kappa shape index (κ3) is 2.36. The summed E-state index contributed by atoms with van der Waals surface area (Å²) in [5, 5.41) is 0. The van der Waals surface area contributed by atoms with E-state index in [0.717, 1.165) is 19.3 Å². The number of nitrogens with one attached hydrogen (secondary N) is 2. The molecule has 104 valence electrons. The normalized spacial score (nSPS) is 11.5. The number of aromatic nitrogens is 2. The predicted molar refractivity (Wildman–Crippen MR) is 81.9 cm³/mol. The predicted octanol–water partition coefficient (Wildman–Crippen LogP) is 4.63. The Hall–Kier alpha value is -1.44. The molecule has 0 aliphatic rings. The highest BCUT2D eigenvalue weighted by Crippen LogP contribution is 2.33. The average molecular weight is 258 g/mol. The van der Waals surface area contributed by atoms with E-state index in [0.29, 0.717) is 5.92 Å². The Kier molecular flexibility index (Phi) is 4.18. The summed E-state index contributed by atoms with van der Waals surface area (Å²) in [4.78, 5) is 7.03. The maximum absolute atomic E-state index is 3.52. The number of H-pyrrole nitrogens is 2. The van der Waals surface area contributed by atoms with Crippen LogP contribution in [0.3, 0.4) is 0 Å². The molecule has 0 bridgehead atoms. The van der Waals surface area contributed by atoms with Crippen molar-refractivity contribution >= 4 is 0 Å². The number of hydrogen-bond acceptors (Lipinski definition) is 0. The summed E-state index contributed by atoms with van der Waals surface area (Å²) in [6.45, 7) is 11.2. The maximum Gasteiger partial charge on any atom is 0.0395 e. The molecule has 0 fully saturated rings. The van der Waals surface area contributed by atoms with Crippen molar-refractivity contribution in [3.05, 3.63) is 46.0 Å². The van der Waals surface area contributed by atoms with Gasteiger partial charge >= 0.3 is 0 Å². The zero-order chi connectivity index (χ0) is 14.0. The zero-order valence-electron chi connectivity index (χ0n) is 12.9. The fourth-order valence-electron chi connectivity index (χ4n) is 3.26. The van der Waals surface area contributed by atoms with Gasteiger partial charge in [0.25, 0.3) is 0 Å². The molecule has 0 saturated carbocycles. The molecule has 0 atom stereocenters. The highest BCUT2D eigenvalue weighted by Gasteiger charge is 2.22. The van der Waals surface area contributed by atoms with Gasteiger partial charge in [0.05, 0.1) is 0 Å². The lowest BCUT2D eigenvalue weighted by Gasteiger charge is -2.17. The minimum absolute atomic E-state index is 0.465. The van der Waals surface area contributed by atoms with Crippen LogP contribution < -0.4 is 0 Å². The van der Waals surface area contributed by atoms with Crippen molar-refractivity contribution in [2.75, 3.05) is 0 Å². The second-order valence-electron chi connectivity index (χ2n) is 5.40. The van der Waals surface area contributed by atoms with Crippen LogP contribution in [0.1, 0.15) is 66.8 Å². The van der Waals surface area contributed by atoms with Crippen molar-refractivity contribution in [3.8, 4) is 0 Å². The van der Waals surface area contributed by atoms with E-state index in [-0.39, 0.29) is 0 Å². The molecular formula is C17H26N2. The van der Waals surface area contributed by atoms with Crippen LogP contribution >= 0.6 is 0 Å². The molecule has 0 amide bonds. The van der Waals surface area contributed by atoms with Gasteiger partial charge in [0.15, 0.2) is 0 Å². The van der Waals surface area contributed by atoms with E-state index in [1.165, 1.54) is 33.6 Å². The molecule has 2 nitrogen and oxygen atoms in total. The molecule has 0 saturated heterocycles. The van der Waals surface area contributed by atoms with Gasteiger partial charge in [0, 0.05) is 29.7 Å². The van der Waals surface area contributed by atoms with E-state index >= 15 is 0 Å². The van der Waals surface area contributed by atoms with Crippen LogP contribution in [0.2, 0.25) is 0 Å². The van der Waals surface area contributed by atoms with E-state index < -0.39 is 0 Å². The van der Waals surface area contributed by atoms with Crippen LogP contribution in [0.5, 0.6) is 0 Å². The lowest BCUT2D eigenvalue weighted by atomic mass is 9.90. The first-order valence-corrected chi connectivity index (χ1v) is 7.47. The van der Waals surface area contributed by atoms with Crippen molar-refractivity contribution in [3.63, 3.8) is 0 Å². The number of aromatic amines is 2. The van der Waals surface area contributed by atoms with Gasteiger partial charge in [-0.2, -0.15) is 0 Å². The van der Waals surface area contributed by atoms with Gasteiger partial charge in [0.1, 0.15) is 0 Å². The van der Waals surface area contributed by atoms with Crippen LogP contribution in [-0.4, -0.2) is 9.97 Å². The lowest BCUT2D eigenvalue weighted by molar-refractivity contribution is 0.716. The summed E-state index contributed by atoms with van der Waals surface area (Å²) in [5.41, 5.74) is 8.55. The molecule has 2 heterocycles. The Balaban J connectivity index is 2.50. The van der Waals surface area contributed by atoms with Gasteiger partial charge in [-0.3, -0.25) is 0 Å². The molecule has 2 rings (SSSR count). The Morgan fingerprint density at radius 3 is 1.58 bits per heavy atom. The first kappa shape index (κ1) is 14.0. The third-order valence-corrected chi connectivity index (χ3v) is 4.30. The molecule has 0 spiro atoms. The van der Waals surface area contributed by atoms with Crippen molar-refractivity contribution in [1.82, 2.24) is 9.97 Å². The van der Waals surface area contributed by atoms with Gasteiger partial charge < -0.3 is 9.97 Å². The molecule has 2 N–H and O–H groups in total. The van der Waals surface area contributed by atoms with Crippen LogP contribution in [0.4, 0.5) is 0 Å². The Morgan fingerprint density at radius 2 is 1.26 bits per heavy atom. The van der Waals surface area contributed by atoms with Crippen molar-refractivity contribution < 1.29 is 0 Å². The highest BCUT2D eigenvalue weighted by molar-refractivity contribution is 5.41. The van der Waals surface area contributed by atoms with E-state index in [4.69, 9.17) is 0 Å². The number of aryl methyl sites for hydroxylation is 2. The summed E-state index contributed by atoms with van der Waals surface area (Å²) in [5.74, 6) is 0.465. The molecule has 19 heavy (non-hydrogen) atoms. The topological polar surface area (TPSA) is 31.6 Å². The smallest absolute Gasteiger partial charge is 0.0395 e. The van der Waals surface area contributed by atoms with Crippen molar-refractivity contribution in [2.45, 2.75) is 59.8 Å². The van der Waals surface area contributed by atoms with Crippen LogP contribution in [-0.2, 0) is 12.8 Å². The van der Waals surface area contributed by atoms with Gasteiger partial charge in [0.2, 0.25) is 0 Å². The van der Waals surface area contributed by atoms with Gasteiger partial charge in [-0.15, -0.1) is 0 Å². The van der Waals surface area contributed by atoms with Crippen LogP contribution in [0, 0.1) is 13.8 Å². The third-order valence-electron chi connectivity index (χ3n) is 4.30. The highest BCUT2D eigenvalue weighted by atomic mass is 14.8. The Labute approximate surface area is 116 Å². The minimum atomic E-state index is 0.465. The number of rotatable bonds is 5. The van der Waals surface area contributed by atoms with Crippen LogP contribution in [0.15, 0.2) is 12.4 Å². The summed E-state index contributed by atoms with van der Waals surface area (Å²) in [6, 6.07) is 0. The van der Waals surface area contributed by atoms with Gasteiger partial charge in [-0.25, -0.2) is 0 Å². The quantitative estimate of drug-likeness (QED) is 0.784. The summed E-state index contributed by atoms with van der Waals surface area (Å²) < 4.78 is 0. The van der Waals surface area contributed by atoms with E-state index in [9.17, 15) is 0 Å². The fraction of sp³-hybridized carbons (Fsp3) is 0.529. The lowest BCUT2D eigenvalue weighted by Crippen LogP contribution is -2.06. The monoisotopic (exact) mass is 258 g/mol. The Bertz CT molecular complexity index is 497. The molecule has 2 aromatic rings. The standard InChI is InChI=1S/C17H26N2/c1-6-13-11(4)9-18-16(13)15(8-3)17-14(7-2)12(5)10-19-17/h9-10,15,18-19H,6-8H2,1-5H3. The Morgan fingerprint density at radius 1 is 0.842 bits per heavy atom. The van der Waals surface area contributed by atoms with Gasteiger partial charge in [-0.1, -0.05) is 20.8 Å². The van der Waals surface area contributed by atoms with Crippen molar-refractivity contribution in [1.29, 1.82) is 0 Å². The van der Waals surface area contributed by atoms with E-state index in [2.05, 4.69) is 57.0 Å². The number of hydrogen-bond donors (Lipinski definition) is 2. The summed E-state index contributed by atoms with van der Waals surface area (Å²) in [6.07, 6.45) is 7.63. The molecule has 0 aliphatic carbocycles. The summed E-state index contributed by atoms with van der Waals surface area (Å²) >= 11 is 0. The van der Waals surface area contributed by atoms with E-state index in [1.54, 1.807) is 0 Å². The fourth-order valence-corrected chi connectivity index (χ4v) is 3.26. The largest absolute Gasteiger partial charge is 0.364 e. The molecule has 0 aromatic carbocycles. The molecule has 2 heteroatoms. The molecule has 0 aliphatic heterocycles. The van der Waals surface area contributed by atoms with Crippen molar-refractivity contribution in [2.24, 2.45) is 0 Å². The van der Waals surface area contributed by atoms with Gasteiger partial charge in [-0.05, 0) is 55.4 Å². The molecule has 2 aromatic heterocycles. The molecular weight excluding hydrogens is 232 g/mol. The molecule has 0 radical (unpaired) electrons. The summed E-state index contributed by atoms with van der Waals surface area (Å²) in [7, 11) is 0. The average Bonchev–Trinajstić information content (AvgIpc) is 2.95. The first-order valence-electron chi connectivity index (χ1n) is 7.47. The zero-order valence-corrected chi connectivity index (χ0v) is 12.9. The SMILES string of the molecule is CCc1c(C)c[nH]c1C(CC)c1[nH]cc(C)c1CC. The van der Waals surface area contributed by atoms with E-state index in [1.807, 2.05) is 0 Å². The first-order chi connectivity index (χ1) is 9.13. The van der Waals surface area contributed by atoms with Crippen LogP contribution in [0.25, 0.3) is 0 Å². The molecule has 0 unspecified atom stereocenters.